The lowest BCUT2D eigenvalue weighted by Gasteiger charge is -2.35. The number of alkyl halides is 4. The van der Waals surface area contributed by atoms with E-state index in [1.165, 1.54) is 30.3 Å². The Bertz CT molecular complexity index is 2280. The van der Waals surface area contributed by atoms with Crippen LogP contribution >= 0.6 is 11.6 Å². The van der Waals surface area contributed by atoms with Crippen molar-refractivity contribution in [2.75, 3.05) is 12.9 Å². The van der Waals surface area contributed by atoms with Crippen LogP contribution in [0.5, 0.6) is 0 Å². The second kappa shape index (κ2) is 14.2. The first-order valence-electron chi connectivity index (χ1n) is 16.6. The third-order valence-electron chi connectivity index (χ3n) is 9.22. The molecule has 0 radical (unpaired) electrons. The maximum absolute atomic E-state index is 16.0. The molecule has 6 rings (SSSR count). The van der Waals surface area contributed by atoms with Gasteiger partial charge in [-0.25, -0.2) is 44.8 Å². The third kappa shape index (κ3) is 7.73. The molecule has 294 valence electrons. The summed E-state index contributed by atoms with van der Waals surface area (Å²) in [5.74, 6) is -2.90. The quantitative estimate of drug-likeness (QED) is 0.146. The Morgan fingerprint density at radius 1 is 1.13 bits per heavy atom. The monoisotopic (exact) mass is 811 g/mol. The van der Waals surface area contributed by atoms with Crippen LogP contribution in [0.15, 0.2) is 55.1 Å². The number of aromatic nitrogens is 5. The molecule has 2 aliphatic rings. The van der Waals surface area contributed by atoms with Crippen LogP contribution in [0.2, 0.25) is 5.02 Å². The number of alkyl carbamates (subject to hydrolysis) is 1. The van der Waals surface area contributed by atoms with E-state index in [4.69, 9.17) is 21.7 Å². The summed E-state index contributed by atoms with van der Waals surface area (Å²) in [7, 11) is -3.77. The van der Waals surface area contributed by atoms with Crippen LogP contribution in [0.4, 0.5) is 26.7 Å². The van der Waals surface area contributed by atoms with Gasteiger partial charge in [0.05, 0.1) is 35.4 Å². The number of amides is 2. The fourth-order valence-electron chi connectivity index (χ4n) is 6.50. The zero-order valence-electron chi connectivity index (χ0n) is 29.7. The van der Waals surface area contributed by atoms with Gasteiger partial charge < -0.3 is 15.4 Å². The van der Waals surface area contributed by atoms with Crippen LogP contribution in [0.1, 0.15) is 69.5 Å². The molecule has 0 bridgehead atoms. The first-order valence-corrected chi connectivity index (χ1v) is 18.9. The molecule has 1 saturated heterocycles. The molecule has 0 spiro atoms. The summed E-state index contributed by atoms with van der Waals surface area (Å²) in [5.41, 5.74) is -4.04. The molecule has 55 heavy (non-hydrogen) atoms. The lowest BCUT2D eigenvalue weighted by Crippen LogP contribution is -2.47. The molecule has 2 amide bonds. The molecule has 3 heterocycles. The van der Waals surface area contributed by atoms with Crippen LogP contribution in [0.3, 0.4) is 0 Å². The molecule has 2 aromatic heterocycles. The molecule has 1 aliphatic carbocycles. The molecule has 21 heteroatoms. The number of nitrogens with zero attached hydrogens (tertiary/aromatic N) is 6. The lowest BCUT2D eigenvalue weighted by molar-refractivity contribution is -0.134. The second-order valence-corrected chi connectivity index (χ2v) is 16.8. The van der Waals surface area contributed by atoms with Gasteiger partial charge in [-0.3, -0.25) is 15.1 Å². The number of benzene rings is 2. The van der Waals surface area contributed by atoms with E-state index in [0.29, 0.717) is 4.09 Å². The topological polar surface area (TPSA) is 177 Å². The van der Waals surface area contributed by atoms with Gasteiger partial charge in [0.15, 0.2) is 11.8 Å². The van der Waals surface area contributed by atoms with E-state index in [1.54, 1.807) is 0 Å². The average molecular weight is 812 g/mol. The SMILES string of the molecule is CC(C)(C)C[C@]1(c2ccc(-c3cnn(S(C)(=O)=O)c3)c(F)c2)NC(=N)N([C@H](COC(=O)NC2(C(F)F)CC2)c2ccc(Cl)c(-n3ncnc3C(F)F)c2)C1=O. The Balaban J connectivity index is 1.42. The summed E-state index contributed by atoms with van der Waals surface area (Å²) in [4.78, 5) is 32.3. The summed E-state index contributed by atoms with van der Waals surface area (Å²) in [6.45, 7) is 4.72. The predicted molar refractivity (Wildman–Crippen MR) is 188 cm³/mol. The van der Waals surface area contributed by atoms with Crippen molar-refractivity contribution in [3.8, 4) is 16.8 Å². The van der Waals surface area contributed by atoms with Crippen LogP contribution in [-0.2, 0) is 25.1 Å². The van der Waals surface area contributed by atoms with E-state index in [9.17, 15) is 35.6 Å². The summed E-state index contributed by atoms with van der Waals surface area (Å²) < 4.78 is 102. The number of carbonyl (C=O) groups excluding carboxylic acids is 2. The molecular formula is C34H35ClF5N9O5S. The maximum atomic E-state index is 16.0. The van der Waals surface area contributed by atoms with E-state index in [0.717, 1.165) is 40.6 Å². The Morgan fingerprint density at radius 3 is 2.42 bits per heavy atom. The smallest absolute Gasteiger partial charge is 0.407 e. The van der Waals surface area contributed by atoms with E-state index in [-0.39, 0.29) is 52.2 Å². The van der Waals surface area contributed by atoms with Gasteiger partial charge in [0.2, 0.25) is 0 Å². The van der Waals surface area contributed by atoms with E-state index in [1.807, 2.05) is 20.8 Å². The molecule has 0 unspecified atom stereocenters. The van der Waals surface area contributed by atoms with Gasteiger partial charge in [0.25, 0.3) is 28.8 Å². The number of halogens is 6. The van der Waals surface area contributed by atoms with Crippen molar-refractivity contribution in [1.82, 2.24) is 39.5 Å². The fraction of sp³-hybridized carbons (Fsp3) is 0.412. The predicted octanol–water partition coefficient (Wildman–Crippen LogP) is 5.93. The van der Waals surface area contributed by atoms with E-state index < -0.39 is 81.6 Å². The lowest BCUT2D eigenvalue weighted by atomic mass is 9.75. The number of carbonyl (C=O) groups is 2. The highest BCUT2D eigenvalue weighted by molar-refractivity contribution is 7.89. The summed E-state index contributed by atoms with van der Waals surface area (Å²) in [6, 6.07) is 6.45. The van der Waals surface area contributed by atoms with Crippen molar-refractivity contribution in [2.45, 2.75) is 70.0 Å². The van der Waals surface area contributed by atoms with Crippen molar-refractivity contribution < 1.29 is 44.7 Å². The average Bonchev–Trinajstić information content (AvgIpc) is 3.39. The number of hydrogen-bond acceptors (Lipinski definition) is 9. The van der Waals surface area contributed by atoms with Crippen LogP contribution < -0.4 is 10.6 Å². The number of hydrogen-bond donors (Lipinski definition) is 3. The van der Waals surface area contributed by atoms with Crippen LogP contribution in [0, 0.1) is 16.6 Å². The minimum Gasteiger partial charge on any atom is -0.447 e. The van der Waals surface area contributed by atoms with Crippen LogP contribution in [0.25, 0.3) is 16.8 Å². The van der Waals surface area contributed by atoms with Gasteiger partial charge >= 0.3 is 6.09 Å². The normalized spacial score (nSPS) is 18.9. The van der Waals surface area contributed by atoms with Crippen molar-refractivity contribution in [3.63, 3.8) is 0 Å². The first kappa shape index (κ1) is 39.6. The summed E-state index contributed by atoms with van der Waals surface area (Å²) in [6.07, 6.45) is -3.05. The van der Waals surface area contributed by atoms with Gasteiger partial charge in [-0.2, -0.15) is 14.3 Å². The first-order chi connectivity index (χ1) is 25.7. The highest BCUT2D eigenvalue weighted by atomic mass is 35.5. The van der Waals surface area contributed by atoms with Gasteiger partial charge in [0.1, 0.15) is 29.8 Å². The Kier molecular flexibility index (Phi) is 10.2. The Morgan fingerprint density at radius 2 is 1.84 bits per heavy atom. The molecule has 14 nitrogen and oxygen atoms in total. The molecule has 1 saturated carbocycles. The highest BCUT2D eigenvalue weighted by Crippen LogP contribution is 2.44. The van der Waals surface area contributed by atoms with Crippen LogP contribution in [-0.4, -0.2) is 80.1 Å². The van der Waals surface area contributed by atoms with Gasteiger partial charge in [-0.05, 0) is 54.0 Å². The minimum absolute atomic E-state index is 0.0119. The maximum Gasteiger partial charge on any atom is 0.407 e. The fourth-order valence-corrected chi connectivity index (χ4v) is 7.22. The number of rotatable bonds is 12. The summed E-state index contributed by atoms with van der Waals surface area (Å²) in [5, 5.41) is 21.7. The Labute approximate surface area is 316 Å². The highest BCUT2D eigenvalue weighted by Gasteiger charge is 2.56. The molecule has 1 aliphatic heterocycles. The number of nitrogens with one attached hydrogen (secondary N) is 3. The standard InChI is InChI=1S/C34H35ClF5N9O5S/c1-32(2,3)16-34(20-6-7-21(23(36)12-20)19-13-43-47(14-19)55(4,52)53)29(50)48(30(41)45-34)25(15-54-31(51)46-33(9-10-33)28(39)40)18-5-8-22(35)24(11-18)49-27(26(37)38)42-17-44-49/h5-8,11-14,17,25-26,28H,9-10,15-16H2,1-4H3,(H2,41,45)(H,46,51)/t25-,34-/m1/s1. The Hall–Kier alpha value is -5.11. The zero-order valence-corrected chi connectivity index (χ0v) is 31.2. The molecule has 3 N–H and O–H groups in total. The van der Waals surface area contributed by atoms with Gasteiger partial charge in [0, 0.05) is 11.1 Å². The number of ether oxygens (including phenoxy) is 1. The zero-order chi connectivity index (χ0) is 40.2. The molecule has 2 atom stereocenters. The minimum atomic E-state index is -3.77. The molecule has 4 aromatic rings. The van der Waals surface area contributed by atoms with E-state index >= 15 is 4.39 Å². The van der Waals surface area contributed by atoms with Crippen molar-refractivity contribution >= 4 is 39.6 Å². The van der Waals surface area contributed by atoms with E-state index in [2.05, 4.69) is 25.8 Å². The second-order valence-electron chi connectivity index (χ2n) is 14.6. The largest absolute Gasteiger partial charge is 0.447 e. The number of guanidine groups is 1. The summed E-state index contributed by atoms with van der Waals surface area (Å²) >= 11 is 6.41. The third-order valence-corrected chi connectivity index (χ3v) is 10.4. The molecular weight excluding hydrogens is 777 g/mol. The molecule has 2 aromatic carbocycles. The van der Waals surface area contributed by atoms with Crippen molar-refractivity contribution in [3.05, 3.63) is 82.9 Å². The van der Waals surface area contributed by atoms with Gasteiger partial charge in [-0.1, -0.05) is 50.6 Å². The molecule has 2 fully saturated rings. The van der Waals surface area contributed by atoms with Crippen molar-refractivity contribution in [2.24, 2.45) is 5.41 Å². The van der Waals surface area contributed by atoms with Gasteiger partial charge in [-0.15, -0.1) is 0 Å². The van der Waals surface area contributed by atoms with Crippen molar-refractivity contribution in [1.29, 1.82) is 5.41 Å².